The number of nitriles is 1. The lowest BCUT2D eigenvalue weighted by Gasteiger charge is -2.04. The molecule has 1 aromatic carbocycles. The maximum Gasteiger partial charge on any atom is 0.222 e. The second kappa shape index (κ2) is 5.23. The van der Waals surface area contributed by atoms with Crippen LogP contribution in [0.5, 0.6) is 0 Å². The first-order chi connectivity index (χ1) is 11.3. The molecule has 4 rings (SSSR count). The molecule has 6 heteroatoms. The molecular formula is C17H11N5S. The predicted octanol–water partition coefficient (Wildman–Crippen LogP) is 3.58. The Labute approximate surface area is 136 Å². The summed E-state index contributed by atoms with van der Waals surface area (Å²) in [7, 11) is 0. The van der Waals surface area contributed by atoms with E-state index in [4.69, 9.17) is 5.73 Å². The predicted molar refractivity (Wildman–Crippen MR) is 90.9 cm³/mol. The molecule has 3 heterocycles. The molecule has 0 saturated heterocycles. The van der Waals surface area contributed by atoms with Crippen LogP contribution in [-0.2, 0) is 0 Å². The fourth-order valence-electron chi connectivity index (χ4n) is 2.53. The molecule has 3 aromatic heterocycles. The summed E-state index contributed by atoms with van der Waals surface area (Å²) in [6, 6.07) is 17.6. The van der Waals surface area contributed by atoms with Crippen molar-refractivity contribution in [2.24, 2.45) is 0 Å². The third-order valence-corrected chi connectivity index (χ3v) is 4.45. The Morgan fingerprint density at radius 1 is 1.09 bits per heavy atom. The molecule has 0 atom stereocenters. The summed E-state index contributed by atoms with van der Waals surface area (Å²) in [5.41, 5.74) is 9.57. The Balaban J connectivity index is 2.02. The van der Waals surface area contributed by atoms with Gasteiger partial charge in [0.15, 0.2) is 0 Å². The first-order valence-corrected chi connectivity index (χ1v) is 7.84. The van der Waals surface area contributed by atoms with Gasteiger partial charge in [-0.25, -0.2) is 4.98 Å². The summed E-state index contributed by atoms with van der Waals surface area (Å²) in [6.45, 7) is 0. The normalized spacial score (nSPS) is 10.7. The summed E-state index contributed by atoms with van der Waals surface area (Å²) in [5, 5.41) is 16.0. The third kappa shape index (κ3) is 2.15. The Bertz CT molecular complexity index is 1030. The number of imidazole rings is 1. The molecule has 0 bridgehead atoms. The van der Waals surface area contributed by atoms with Crippen LogP contribution in [0.25, 0.3) is 27.3 Å². The fourth-order valence-corrected chi connectivity index (χ4v) is 3.25. The zero-order valence-corrected chi connectivity index (χ0v) is 12.8. The lowest BCUT2D eigenvalue weighted by molar-refractivity contribution is 0.945. The number of aromatic nitrogens is 3. The maximum absolute atomic E-state index is 9.50. The molecular weight excluding hydrogens is 306 g/mol. The van der Waals surface area contributed by atoms with Gasteiger partial charge in [0.2, 0.25) is 5.95 Å². The van der Waals surface area contributed by atoms with Crippen LogP contribution in [0.1, 0.15) is 5.56 Å². The number of hydrogen-bond donors (Lipinski definition) is 1. The molecule has 5 nitrogen and oxygen atoms in total. The highest BCUT2D eigenvalue weighted by Crippen LogP contribution is 2.31. The van der Waals surface area contributed by atoms with Gasteiger partial charge in [-0.1, -0.05) is 36.4 Å². The second-order valence-corrected chi connectivity index (χ2v) is 5.93. The van der Waals surface area contributed by atoms with Crippen molar-refractivity contribution in [1.29, 1.82) is 5.26 Å². The van der Waals surface area contributed by atoms with Crippen molar-refractivity contribution in [3.63, 3.8) is 0 Å². The average molecular weight is 317 g/mol. The first-order valence-electron chi connectivity index (χ1n) is 6.96. The van der Waals surface area contributed by atoms with Gasteiger partial charge in [0, 0.05) is 5.56 Å². The number of anilines is 1. The van der Waals surface area contributed by atoms with E-state index in [1.54, 1.807) is 10.6 Å². The number of fused-ring (bicyclic) bond motifs is 1. The van der Waals surface area contributed by atoms with Gasteiger partial charge in [-0.05, 0) is 17.5 Å². The number of nitrogen functional groups attached to an aromatic ring is 1. The standard InChI is InChI=1S/C17H11N5S/c18-10-12-9-13-15(11-5-2-1-3-6-11)20-17(19)22(13)21-16(12)14-7-4-8-23-14/h1-9H,(H2,19,20). The van der Waals surface area contributed by atoms with Crippen LogP contribution in [0.3, 0.4) is 0 Å². The third-order valence-electron chi connectivity index (χ3n) is 3.57. The summed E-state index contributed by atoms with van der Waals surface area (Å²) in [6.07, 6.45) is 0. The van der Waals surface area contributed by atoms with E-state index < -0.39 is 0 Å². The van der Waals surface area contributed by atoms with Crippen LogP contribution in [0.4, 0.5) is 5.95 Å². The smallest absolute Gasteiger partial charge is 0.222 e. The minimum absolute atomic E-state index is 0.307. The highest BCUT2D eigenvalue weighted by atomic mass is 32.1. The van der Waals surface area contributed by atoms with E-state index in [1.165, 1.54) is 11.3 Å². The van der Waals surface area contributed by atoms with Crippen LogP contribution < -0.4 is 5.73 Å². The molecule has 0 aliphatic heterocycles. The van der Waals surface area contributed by atoms with Crippen LogP contribution in [0.2, 0.25) is 0 Å². The van der Waals surface area contributed by atoms with Crippen molar-refractivity contribution >= 4 is 22.8 Å². The van der Waals surface area contributed by atoms with Crippen LogP contribution in [0.15, 0.2) is 53.9 Å². The van der Waals surface area contributed by atoms with Crippen molar-refractivity contribution in [3.8, 4) is 27.9 Å². The van der Waals surface area contributed by atoms with Crippen LogP contribution in [-0.4, -0.2) is 14.6 Å². The van der Waals surface area contributed by atoms with Crippen LogP contribution in [0, 0.1) is 11.3 Å². The van der Waals surface area contributed by atoms with E-state index in [1.807, 2.05) is 47.8 Å². The minimum Gasteiger partial charge on any atom is -0.368 e. The van der Waals surface area contributed by atoms with Crippen molar-refractivity contribution in [1.82, 2.24) is 14.6 Å². The van der Waals surface area contributed by atoms with Gasteiger partial charge in [-0.3, -0.25) is 0 Å². The fraction of sp³-hybridized carbons (Fsp3) is 0. The van der Waals surface area contributed by atoms with Crippen molar-refractivity contribution < 1.29 is 0 Å². The SMILES string of the molecule is N#Cc1cc2c(-c3ccccc3)nc(N)n2nc1-c1cccs1. The van der Waals surface area contributed by atoms with Gasteiger partial charge in [0.1, 0.15) is 17.5 Å². The monoisotopic (exact) mass is 317 g/mol. The molecule has 0 aliphatic carbocycles. The first kappa shape index (κ1) is 13.5. The topological polar surface area (TPSA) is 80.0 Å². The lowest BCUT2D eigenvalue weighted by atomic mass is 10.1. The minimum atomic E-state index is 0.307. The Kier molecular flexibility index (Phi) is 3.07. The quantitative estimate of drug-likeness (QED) is 0.613. The number of benzene rings is 1. The lowest BCUT2D eigenvalue weighted by Crippen LogP contribution is -2.01. The molecule has 0 aliphatic rings. The Hall–Kier alpha value is -3.17. The van der Waals surface area contributed by atoms with Gasteiger partial charge in [-0.15, -0.1) is 11.3 Å². The summed E-state index contributed by atoms with van der Waals surface area (Å²) in [5.74, 6) is 0.307. The molecule has 0 unspecified atom stereocenters. The molecule has 0 saturated carbocycles. The van der Waals surface area contributed by atoms with Gasteiger partial charge < -0.3 is 5.73 Å². The number of rotatable bonds is 2. The molecule has 0 fully saturated rings. The molecule has 2 N–H and O–H groups in total. The van der Waals surface area contributed by atoms with Gasteiger partial charge in [0.25, 0.3) is 0 Å². The zero-order chi connectivity index (χ0) is 15.8. The van der Waals surface area contributed by atoms with Crippen molar-refractivity contribution in [3.05, 3.63) is 59.5 Å². The molecule has 4 aromatic rings. The van der Waals surface area contributed by atoms with Crippen LogP contribution >= 0.6 is 11.3 Å². The van der Waals surface area contributed by atoms with Crippen molar-refractivity contribution in [2.45, 2.75) is 0 Å². The van der Waals surface area contributed by atoms with Gasteiger partial charge >= 0.3 is 0 Å². The Morgan fingerprint density at radius 3 is 2.61 bits per heavy atom. The summed E-state index contributed by atoms with van der Waals surface area (Å²) < 4.78 is 1.60. The van der Waals surface area contributed by atoms with E-state index in [0.29, 0.717) is 17.2 Å². The number of thiophene rings is 1. The van der Waals surface area contributed by atoms with Crippen molar-refractivity contribution in [2.75, 3.05) is 5.73 Å². The van der Waals surface area contributed by atoms with E-state index in [9.17, 15) is 5.26 Å². The van der Waals surface area contributed by atoms with E-state index in [-0.39, 0.29) is 0 Å². The molecule has 0 radical (unpaired) electrons. The molecule has 0 spiro atoms. The highest BCUT2D eigenvalue weighted by molar-refractivity contribution is 7.13. The largest absolute Gasteiger partial charge is 0.368 e. The number of hydrogen-bond acceptors (Lipinski definition) is 5. The molecule has 0 amide bonds. The second-order valence-electron chi connectivity index (χ2n) is 4.98. The zero-order valence-electron chi connectivity index (χ0n) is 12.0. The number of nitrogens with two attached hydrogens (primary N) is 1. The summed E-state index contributed by atoms with van der Waals surface area (Å²) in [4.78, 5) is 5.36. The molecule has 110 valence electrons. The summed E-state index contributed by atoms with van der Waals surface area (Å²) >= 11 is 1.53. The number of nitrogens with zero attached hydrogens (tertiary/aromatic N) is 4. The average Bonchev–Trinajstić information content (AvgIpc) is 3.23. The van der Waals surface area contributed by atoms with E-state index >= 15 is 0 Å². The van der Waals surface area contributed by atoms with Gasteiger partial charge in [-0.2, -0.15) is 14.9 Å². The maximum atomic E-state index is 9.50. The van der Waals surface area contributed by atoms with Gasteiger partial charge in [0.05, 0.1) is 16.0 Å². The Morgan fingerprint density at radius 2 is 1.91 bits per heavy atom. The molecule has 23 heavy (non-hydrogen) atoms. The highest BCUT2D eigenvalue weighted by Gasteiger charge is 2.17. The van der Waals surface area contributed by atoms with E-state index in [0.717, 1.165) is 21.7 Å². The van der Waals surface area contributed by atoms with E-state index in [2.05, 4.69) is 16.2 Å².